The minimum Gasteiger partial charge on any atom is -0.398 e. The summed E-state index contributed by atoms with van der Waals surface area (Å²) in [5, 5.41) is 0.399. The average Bonchev–Trinajstić information content (AvgIpc) is 1.94. The first-order valence-electron chi connectivity index (χ1n) is 3.35. The summed E-state index contributed by atoms with van der Waals surface area (Å²) in [6.07, 6.45) is 0. The molecule has 0 aliphatic rings. The Bertz CT molecular complexity index is 417. The van der Waals surface area contributed by atoms with Crippen LogP contribution in [0.2, 0.25) is 5.02 Å². The lowest BCUT2D eigenvalue weighted by Gasteiger charge is -2.01. The molecule has 0 fully saturated rings. The minimum atomic E-state index is -3.53. The van der Waals surface area contributed by atoms with Crippen molar-refractivity contribution in [2.24, 2.45) is 0 Å². The third-order valence-electron chi connectivity index (χ3n) is 1.40. The number of rotatable bonds is 2. The summed E-state index contributed by atoms with van der Waals surface area (Å²) < 4.78 is 21.4. The Hall–Kier alpha value is -0.450. The number of hydrogen-bond donors (Lipinski definition) is 1. The van der Waals surface area contributed by atoms with E-state index >= 15 is 0 Å². The third-order valence-corrected chi connectivity index (χ3v) is 2.75. The van der Waals surface area contributed by atoms with Crippen LogP contribution in [0.3, 0.4) is 0 Å². The van der Waals surface area contributed by atoms with E-state index in [9.17, 15) is 8.42 Å². The Morgan fingerprint density at radius 3 is 2.46 bits per heavy atom. The summed E-state index contributed by atoms with van der Waals surface area (Å²) >= 11 is 5.64. The summed E-state index contributed by atoms with van der Waals surface area (Å²) in [6.45, 7) is 0. The molecule has 0 heterocycles. The van der Waals surface area contributed by atoms with Crippen molar-refractivity contribution in [3.8, 4) is 0 Å². The molecule has 2 N–H and O–H groups in total. The summed E-state index contributed by atoms with van der Waals surface area (Å²) in [7, 11) is 1.53. The quantitative estimate of drug-likeness (QED) is 0.635. The monoisotopic (exact) mass is 239 g/mol. The summed E-state index contributed by atoms with van der Waals surface area (Å²) in [5.41, 5.74) is 6.34. The number of nitrogens with two attached hydrogens (primary N) is 1. The Balaban J connectivity index is 2.99. The Morgan fingerprint density at radius 2 is 2.00 bits per heavy atom. The second-order valence-electron chi connectivity index (χ2n) is 2.54. The Kier molecular flexibility index (Phi) is 3.05. The molecule has 1 rings (SSSR count). The van der Waals surface area contributed by atoms with Crippen LogP contribution in [-0.4, -0.2) is 8.42 Å². The summed E-state index contributed by atoms with van der Waals surface area (Å²) in [6, 6.07) is 4.59. The molecular weight excluding hydrogens is 233 g/mol. The molecule has 3 nitrogen and oxygen atoms in total. The van der Waals surface area contributed by atoms with E-state index in [0.717, 1.165) is 0 Å². The van der Waals surface area contributed by atoms with E-state index in [1.807, 2.05) is 0 Å². The van der Waals surface area contributed by atoms with Gasteiger partial charge in [0, 0.05) is 10.7 Å². The van der Waals surface area contributed by atoms with E-state index in [-0.39, 0.29) is 5.75 Å². The Labute approximate surface area is 85.9 Å². The summed E-state index contributed by atoms with van der Waals surface area (Å²) in [5.74, 6) is -0.240. The molecule has 0 saturated heterocycles. The molecule has 6 heteroatoms. The van der Waals surface area contributed by atoms with Gasteiger partial charge in [0.2, 0.25) is 9.05 Å². The maximum Gasteiger partial charge on any atom is 0.236 e. The molecule has 1 aromatic rings. The van der Waals surface area contributed by atoms with Crippen molar-refractivity contribution in [1.29, 1.82) is 0 Å². The van der Waals surface area contributed by atoms with Crippen LogP contribution in [0.1, 0.15) is 5.56 Å². The number of nitrogen functional groups attached to an aromatic ring is 1. The van der Waals surface area contributed by atoms with Crippen LogP contribution in [0.4, 0.5) is 5.69 Å². The van der Waals surface area contributed by atoms with Crippen LogP contribution in [0, 0.1) is 0 Å². The molecule has 0 aliphatic heterocycles. The van der Waals surface area contributed by atoms with Crippen molar-refractivity contribution < 1.29 is 8.42 Å². The van der Waals surface area contributed by atoms with Gasteiger partial charge < -0.3 is 5.73 Å². The second kappa shape index (κ2) is 3.74. The van der Waals surface area contributed by atoms with Crippen LogP contribution in [0.25, 0.3) is 0 Å². The number of anilines is 1. The van der Waals surface area contributed by atoms with E-state index in [2.05, 4.69) is 0 Å². The van der Waals surface area contributed by atoms with Gasteiger partial charge in [-0.2, -0.15) is 0 Å². The third kappa shape index (κ3) is 3.42. The lowest BCUT2D eigenvalue weighted by Crippen LogP contribution is -1.96. The highest BCUT2D eigenvalue weighted by atomic mass is 35.7. The van der Waals surface area contributed by atoms with Gasteiger partial charge in [0.05, 0.1) is 16.5 Å². The lowest BCUT2D eigenvalue weighted by atomic mass is 10.2. The van der Waals surface area contributed by atoms with Gasteiger partial charge in [0.1, 0.15) is 0 Å². The first-order valence-corrected chi connectivity index (χ1v) is 6.20. The van der Waals surface area contributed by atoms with Gasteiger partial charge in [0.25, 0.3) is 0 Å². The molecule has 0 unspecified atom stereocenters. The van der Waals surface area contributed by atoms with E-state index in [1.165, 1.54) is 12.1 Å². The molecule has 0 bridgehead atoms. The fourth-order valence-corrected chi connectivity index (χ4v) is 1.96. The van der Waals surface area contributed by atoms with Gasteiger partial charge in [-0.15, -0.1) is 0 Å². The molecule has 0 atom stereocenters. The fraction of sp³-hybridized carbons (Fsp3) is 0.143. The van der Waals surface area contributed by atoms with Crippen LogP contribution in [0.5, 0.6) is 0 Å². The minimum absolute atomic E-state index is 0.240. The number of hydrogen-bond acceptors (Lipinski definition) is 3. The van der Waals surface area contributed by atoms with Gasteiger partial charge in [-0.25, -0.2) is 8.42 Å². The fourth-order valence-electron chi connectivity index (χ4n) is 0.882. The van der Waals surface area contributed by atoms with Crippen LogP contribution >= 0.6 is 22.3 Å². The predicted octanol–water partition coefficient (Wildman–Crippen LogP) is 1.99. The molecule has 0 aromatic heterocycles. The standard InChI is InChI=1S/C7H7Cl2NO2S/c8-6-2-1-5(3-7(6)10)4-13(9,11)12/h1-3H,4,10H2. The van der Waals surface area contributed by atoms with Gasteiger partial charge in [-0.1, -0.05) is 17.7 Å². The molecule has 0 amide bonds. The first-order chi connectivity index (χ1) is 5.88. The maximum absolute atomic E-state index is 10.7. The van der Waals surface area contributed by atoms with Crippen LogP contribution in [-0.2, 0) is 14.8 Å². The zero-order chi connectivity index (χ0) is 10.1. The van der Waals surface area contributed by atoms with Crippen molar-refractivity contribution in [1.82, 2.24) is 0 Å². The predicted molar refractivity (Wildman–Crippen MR) is 54.3 cm³/mol. The molecule has 13 heavy (non-hydrogen) atoms. The molecular formula is C7H7Cl2NO2S. The zero-order valence-corrected chi connectivity index (χ0v) is 8.83. The van der Waals surface area contributed by atoms with Crippen molar-refractivity contribution in [2.45, 2.75) is 5.75 Å². The zero-order valence-electron chi connectivity index (χ0n) is 6.50. The molecule has 0 spiro atoms. The smallest absolute Gasteiger partial charge is 0.236 e. The topological polar surface area (TPSA) is 60.2 Å². The van der Waals surface area contributed by atoms with Gasteiger partial charge >= 0.3 is 0 Å². The van der Waals surface area contributed by atoms with Crippen LogP contribution in [0.15, 0.2) is 18.2 Å². The first kappa shape index (κ1) is 10.6. The van der Waals surface area contributed by atoms with Crippen molar-refractivity contribution >= 4 is 37.0 Å². The largest absolute Gasteiger partial charge is 0.398 e. The SMILES string of the molecule is Nc1cc(CS(=O)(=O)Cl)ccc1Cl. The molecule has 1 aromatic carbocycles. The number of halogens is 2. The van der Waals surface area contributed by atoms with E-state index in [1.54, 1.807) is 6.07 Å². The Morgan fingerprint density at radius 1 is 1.38 bits per heavy atom. The highest BCUT2D eigenvalue weighted by Crippen LogP contribution is 2.21. The van der Waals surface area contributed by atoms with E-state index in [4.69, 9.17) is 28.0 Å². The second-order valence-corrected chi connectivity index (χ2v) is 5.72. The highest BCUT2D eigenvalue weighted by Gasteiger charge is 2.07. The van der Waals surface area contributed by atoms with E-state index in [0.29, 0.717) is 16.3 Å². The van der Waals surface area contributed by atoms with Crippen molar-refractivity contribution in [3.63, 3.8) is 0 Å². The van der Waals surface area contributed by atoms with E-state index < -0.39 is 9.05 Å². The molecule has 72 valence electrons. The van der Waals surface area contributed by atoms with Gasteiger partial charge in [-0.05, 0) is 17.7 Å². The summed E-state index contributed by atoms with van der Waals surface area (Å²) in [4.78, 5) is 0. The maximum atomic E-state index is 10.7. The lowest BCUT2D eigenvalue weighted by molar-refractivity contribution is 0.609. The van der Waals surface area contributed by atoms with Crippen molar-refractivity contribution in [2.75, 3.05) is 5.73 Å². The normalized spacial score (nSPS) is 11.5. The van der Waals surface area contributed by atoms with Crippen LogP contribution < -0.4 is 5.73 Å². The van der Waals surface area contributed by atoms with Gasteiger partial charge in [0.15, 0.2) is 0 Å². The molecule has 0 aliphatic carbocycles. The number of benzene rings is 1. The molecule has 0 saturated carbocycles. The average molecular weight is 240 g/mol. The highest BCUT2D eigenvalue weighted by molar-refractivity contribution is 8.13. The molecule has 0 radical (unpaired) electrons. The van der Waals surface area contributed by atoms with Crippen molar-refractivity contribution in [3.05, 3.63) is 28.8 Å². The van der Waals surface area contributed by atoms with Gasteiger partial charge in [-0.3, -0.25) is 0 Å².